The zero-order valence-electron chi connectivity index (χ0n) is 12.6. The van der Waals surface area contributed by atoms with Gasteiger partial charge in [-0.3, -0.25) is 4.79 Å². The molecule has 0 saturated heterocycles. The minimum atomic E-state index is -4.65. The molecule has 0 aliphatic heterocycles. The maximum Gasteiger partial charge on any atom is 0.417 e. The Hall–Kier alpha value is -2.34. The topological polar surface area (TPSA) is 38.7 Å². The Kier molecular flexibility index (Phi) is 5.62. The highest BCUT2D eigenvalue weighted by atomic mass is 35.5. The molecule has 2 rings (SSSR count). The monoisotopic (exact) mass is 355 g/mol. The van der Waals surface area contributed by atoms with Crippen molar-refractivity contribution in [3.05, 3.63) is 70.2 Å². The molecule has 0 heterocycles. The van der Waals surface area contributed by atoms with Crippen LogP contribution < -0.4 is 0 Å². The number of rotatable bonds is 3. The number of hydrogen-bond donors (Lipinski definition) is 0. The molecule has 7 heteroatoms. The number of ether oxygens (including phenoxy) is 1. The van der Waals surface area contributed by atoms with Crippen LogP contribution in [0.1, 0.15) is 28.4 Å². The van der Waals surface area contributed by atoms with Gasteiger partial charge in [-0.2, -0.15) is 18.2 Å². The quantitative estimate of drug-likeness (QED) is 0.575. The van der Waals surface area contributed by atoms with Crippen molar-refractivity contribution < 1.29 is 22.7 Å². The Morgan fingerprint density at radius 1 is 1.08 bits per heavy atom. The molecule has 2 aromatic rings. The van der Waals surface area contributed by atoms with E-state index in [-0.39, 0.29) is 17.5 Å². The van der Waals surface area contributed by atoms with E-state index in [0.29, 0.717) is 5.56 Å². The summed E-state index contributed by atoms with van der Waals surface area (Å²) in [6.45, 7) is 1.85. The second kappa shape index (κ2) is 7.49. The van der Waals surface area contributed by atoms with Crippen molar-refractivity contribution in [3.63, 3.8) is 0 Å². The van der Waals surface area contributed by atoms with Gasteiger partial charge in [-0.1, -0.05) is 35.9 Å². The van der Waals surface area contributed by atoms with Gasteiger partial charge in [0.25, 0.3) is 5.91 Å². The molecule has 0 fully saturated rings. The van der Waals surface area contributed by atoms with E-state index >= 15 is 0 Å². The van der Waals surface area contributed by atoms with Crippen LogP contribution in [0.25, 0.3) is 0 Å². The molecule has 0 spiro atoms. The van der Waals surface area contributed by atoms with Crippen LogP contribution in [0.2, 0.25) is 5.02 Å². The predicted molar refractivity (Wildman–Crippen MR) is 85.4 cm³/mol. The number of alkyl halides is 3. The lowest BCUT2D eigenvalue weighted by Gasteiger charge is -2.12. The third kappa shape index (κ3) is 4.14. The standard InChI is InChI=1S/C17H13ClF3NO2/c1-2-24-16(12-8-4-6-10-14(12)18)22-15(23)11-7-3-5-9-13(11)17(19,20)21/h3-10H,2H2,1H3. The zero-order valence-corrected chi connectivity index (χ0v) is 13.4. The number of hydrogen-bond acceptors (Lipinski definition) is 2. The molecular formula is C17H13ClF3NO2. The summed E-state index contributed by atoms with van der Waals surface area (Å²) in [5, 5.41) is 0.279. The number of amides is 1. The first-order valence-electron chi connectivity index (χ1n) is 7.01. The van der Waals surface area contributed by atoms with Crippen LogP contribution >= 0.6 is 11.6 Å². The second-order valence-electron chi connectivity index (χ2n) is 4.68. The number of benzene rings is 2. The molecule has 2 aromatic carbocycles. The number of carbonyl (C=O) groups excluding carboxylic acids is 1. The maximum atomic E-state index is 13.0. The van der Waals surface area contributed by atoms with Gasteiger partial charge < -0.3 is 4.74 Å². The van der Waals surface area contributed by atoms with Gasteiger partial charge in [0.05, 0.1) is 28.3 Å². The van der Waals surface area contributed by atoms with E-state index in [9.17, 15) is 18.0 Å². The van der Waals surface area contributed by atoms with Gasteiger partial charge in [0.1, 0.15) is 0 Å². The largest absolute Gasteiger partial charge is 0.477 e. The van der Waals surface area contributed by atoms with Gasteiger partial charge in [-0.25, -0.2) is 0 Å². The summed E-state index contributed by atoms with van der Waals surface area (Å²) in [6, 6.07) is 10.9. The van der Waals surface area contributed by atoms with Crippen molar-refractivity contribution in [1.82, 2.24) is 0 Å². The van der Waals surface area contributed by atoms with E-state index in [1.165, 1.54) is 12.1 Å². The highest BCUT2D eigenvalue weighted by Crippen LogP contribution is 2.32. The molecule has 0 unspecified atom stereocenters. The first-order chi connectivity index (χ1) is 11.3. The normalized spacial score (nSPS) is 12.1. The molecule has 0 saturated carbocycles. The SMILES string of the molecule is CCOC(=NC(=O)c1ccccc1C(F)(F)F)c1ccccc1Cl. The van der Waals surface area contributed by atoms with E-state index in [1.54, 1.807) is 31.2 Å². The van der Waals surface area contributed by atoms with Crippen LogP contribution in [0.5, 0.6) is 0 Å². The van der Waals surface area contributed by atoms with Crippen LogP contribution in [0.15, 0.2) is 53.5 Å². The number of carbonyl (C=O) groups is 1. The van der Waals surface area contributed by atoms with Crippen molar-refractivity contribution in [1.29, 1.82) is 0 Å². The Bertz CT molecular complexity index is 772. The fraction of sp³-hybridized carbons (Fsp3) is 0.176. The van der Waals surface area contributed by atoms with Crippen molar-refractivity contribution in [2.45, 2.75) is 13.1 Å². The third-order valence-corrected chi connectivity index (χ3v) is 3.38. The third-order valence-electron chi connectivity index (χ3n) is 3.05. The second-order valence-corrected chi connectivity index (χ2v) is 5.09. The summed E-state index contributed by atoms with van der Waals surface area (Å²) in [6.07, 6.45) is -4.65. The first-order valence-corrected chi connectivity index (χ1v) is 7.39. The molecule has 3 nitrogen and oxygen atoms in total. The summed E-state index contributed by atoms with van der Waals surface area (Å²) < 4.78 is 44.4. The van der Waals surface area contributed by atoms with Crippen LogP contribution in [-0.2, 0) is 10.9 Å². The molecule has 1 amide bonds. The fourth-order valence-electron chi connectivity index (χ4n) is 2.01. The molecule has 0 bridgehead atoms. The first kappa shape index (κ1) is 18.0. The van der Waals surface area contributed by atoms with Crippen molar-refractivity contribution in [2.24, 2.45) is 4.99 Å². The Morgan fingerprint density at radius 2 is 1.67 bits per heavy atom. The van der Waals surface area contributed by atoms with Gasteiger partial charge in [-0.05, 0) is 31.2 Å². The average Bonchev–Trinajstić information content (AvgIpc) is 2.54. The van der Waals surface area contributed by atoms with Gasteiger partial charge in [0.2, 0.25) is 5.90 Å². The minimum absolute atomic E-state index is 0.120. The molecule has 0 aliphatic rings. The molecular weight excluding hydrogens is 343 g/mol. The highest BCUT2D eigenvalue weighted by Gasteiger charge is 2.35. The Balaban J connectivity index is 2.48. The molecule has 0 radical (unpaired) electrons. The van der Waals surface area contributed by atoms with E-state index in [4.69, 9.17) is 16.3 Å². The van der Waals surface area contributed by atoms with Gasteiger partial charge in [0.15, 0.2) is 0 Å². The zero-order chi connectivity index (χ0) is 17.7. The lowest BCUT2D eigenvalue weighted by atomic mass is 10.1. The molecule has 0 aromatic heterocycles. The number of nitrogens with zero attached hydrogens (tertiary/aromatic N) is 1. The summed E-state index contributed by atoms with van der Waals surface area (Å²) >= 11 is 6.04. The highest BCUT2D eigenvalue weighted by molar-refractivity contribution is 6.34. The molecule has 0 N–H and O–H groups in total. The smallest absolute Gasteiger partial charge is 0.417 e. The van der Waals surface area contributed by atoms with Crippen LogP contribution in [0, 0.1) is 0 Å². The fourth-order valence-corrected chi connectivity index (χ4v) is 2.23. The number of aliphatic imine (C=N–C) groups is 1. The van der Waals surface area contributed by atoms with Crippen molar-refractivity contribution in [3.8, 4) is 0 Å². The summed E-state index contributed by atoms with van der Waals surface area (Å²) in [5.74, 6) is -1.17. The molecule has 24 heavy (non-hydrogen) atoms. The van der Waals surface area contributed by atoms with E-state index in [0.717, 1.165) is 12.1 Å². The van der Waals surface area contributed by atoms with Gasteiger partial charge in [-0.15, -0.1) is 0 Å². The Morgan fingerprint density at radius 3 is 2.25 bits per heavy atom. The van der Waals surface area contributed by atoms with Crippen LogP contribution in [-0.4, -0.2) is 18.4 Å². The van der Waals surface area contributed by atoms with E-state index in [2.05, 4.69) is 4.99 Å². The van der Waals surface area contributed by atoms with E-state index in [1.807, 2.05) is 0 Å². The van der Waals surface area contributed by atoms with Crippen LogP contribution in [0.3, 0.4) is 0 Å². The maximum absolute atomic E-state index is 13.0. The summed E-state index contributed by atoms with van der Waals surface area (Å²) in [5.41, 5.74) is -1.26. The molecule has 0 atom stereocenters. The Labute approximate surface area is 141 Å². The lowest BCUT2D eigenvalue weighted by Crippen LogP contribution is -2.15. The van der Waals surface area contributed by atoms with Gasteiger partial charge in [0, 0.05) is 0 Å². The predicted octanol–water partition coefficient (Wildman–Crippen LogP) is 4.98. The molecule has 126 valence electrons. The van der Waals surface area contributed by atoms with Crippen molar-refractivity contribution >= 4 is 23.4 Å². The van der Waals surface area contributed by atoms with Crippen LogP contribution in [0.4, 0.5) is 13.2 Å². The summed E-state index contributed by atoms with van der Waals surface area (Å²) in [7, 11) is 0. The van der Waals surface area contributed by atoms with Crippen molar-refractivity contribution in [2.75, 3.05) is 6.61 Å². The number of halogens is 4. The summed E-state index contributed by atoms with van der Waals surface area (Å²) in [4.78, 5) is 16.0. The van der Waals surface area contributed by atoms with E-state index < -0.39 is 23.2 Å². The van der Waals surface area contributed by atoms with Gasteiger partial charge >= 0.3 is 6.18 Å². The average molecular weight is 356 g/mol. The minimum Gasteiger partial charge on any atom is -0.477 e. The lowest BCUT2D eigenvalue weighted by molar-refractivity contribution is -0.137. The molecule has 0 aliphatic carbocycles.